The smallest absolute Gasteiger partial charge is 0.317 e. The fourth-order valence-corrected chi connectivity index (χ4v) is 3.83. The first-order chi connectivity index (χ1) is 8.90. The van der Waals surface area contributed by atoms with Gasteiger partial charge < -0.3 is 15.3 Å². The van der Waals surface area contributed by atoms with Crippen molar-refractivity contribution in [2.24, 2.45) is 0 Å². The molecule has 8 heteroatoms. The molecule has 1 aliphatic rings. The van der Waals surface area contributed by atoms with E-state index < -0.39 is 16.8 Å². The van der Waals surface area contributed by atoms with Crippen LogP contribution in [0.25, 0.3) is 0 Å². The molecule has 0 aromatic rings. The summed E-state index contributed by atoms with van der Waals surface area (Å²) >= 11 is 1.66. The Bertz CT molecular complexity index is 365. The van der Waals surface area contributed by atoms with E-state index in [0.717, 1.165) is 5.75 Å². The fraction of sp³-hybridized carbons (Fsp3) is 0.818. The van der Waals surface area contributed by atoms with Crippen molar-refractivity contribution in [3.05, 3.63) is 0 Å². The number of nitrogens with one attached hydrogen (secondary N) is 1. The van der Waals surface area contributed by atoms with Crippen LogP contribution in [0.3, 0.4) is 0 Å². The van der Waals surface area contributed by atoms with Crippen LogP contribution >= 0.6 is 11.8 Å². The van der Waals surface area contributed by atoms with Crippen molar-refractivity contribution in [1.29, 1.82) is 0 Å². The number of nitrogens with zero attached hydrogens (tertiary/aromatic N) is 1. The lowest BCUT2D eigenvalue weighted by Crippen LogP contribution is -2.53. The number of thioether (sulfide) groups is 1. The molecule has 2 N–H and O–H groups in total. The van der Waals surface area contributed by atoms with Gasteiger partial charge in [0, 0.05) is 46.9 Å². The highest BCUT2D eigenvalue weighted by atomic mass is 32.2. The highest BCUT2D eigenvalue weighted by Crippen LogP contribution is 2.19. The van der Waals surface area contributed by atoms with Crippen molar-refractivity contribution in [3.8, 4) is 0 Å². The van der Waals surface area contributed by atoms with E-state index in [0.29, 0.717) is 18.1 Å². The van der Waals surface area contributed by atoms with Gasteiger partial charge in [0.15, 0.2) is 0 Å². The van der Waals surface area contributed by atoms with Gasteiger partial charge in [0.1, 0.15) is 0 Å². The molecule has 3 unspecified atom stereocenters. The maximum Gasteiger partial charge on any atom is 0.317 e. The molecule has 6 nitrogen and oxygen atoms in total. The molecule has 0 radical (unpaired) electrons. The molecule has 1 saturated heterocycles. The Kier molecular flexibility index (Phi) is 6.64. The van der Waals surface area contributed by atoms with Crippen molar-refractivity contribution in [2.45, 2.75) is 25.4 Å². The Hall–Kier alpha value is -0.760. The number of amides is 2. The van der Waals surface area contributed by atoms with Crippen molar-refractivity contribution in [2.75, 3.05) is 30.1 Å². The van der Waals surface area contributed by atoms with Crippen LogP contribution in [0.1, 0.15) is 13.3 Å². The van der Waals surface area contributed by atoms with Gasteiger partial charge in [0.25, 0.3) is 0 Å². The first-order valence-electron chi connectivity index (χ1n) is 6.07. The Morgan fingerprint density at radius 1 is 1.58 bits per heavy atom. The normalized spacial score (nSPS) is 22.6. The summed E-state index contributed by atoms with van der Waals surface area (Å²) in [5, 5.41) is 11.6. The summed E-state index contributed by atoms with van der Waals surface area (Å²) in [6, 6.07) is -0.710. The number of hydrogen-bond acceptors (Lipinski definition) is 4. The van der Waals surface area contributed by atoms with Crippen molar-refractivity contribution >= 4 is 34.6 Å². The Morgan fingerprint density at radius 3 is 2.84 bits per heavy atom. The zero-order chi connectivity index (χ0) is 14.4. The summed E-state index contributed by atoms with van der Waals surface area (Å²) in [4.78, 5) is 24.5. The van der Waals surface area contributed by atoms with E-state index in [9.17, 15) is 13.8 Å². The molecule has 0 saturated carbocycles. The molecule has 2 amide bonds. The van der Waals surface area contributed by atoms with Crippen LogP contribution in [-0.4, -0.2) is 68.4 Å². The molecule has 0 bridgehead atoms. The summed E-state index contributed by atoms with van der Waals surface area (Å²) < 4.78 is 11.1. The fourth-order valence-electron chi connectivity index (χ4n) is 1.98. The molecule has 0 spiro atoms. The van der Waals surface area contributed by atoms with Crippen LogP contribution in [0.5, 0.6) is 0 Å². The van der Waals surface area contributed by atoms with Gasteiger partial charge in [-0.05, 0) is 6.92 Å². The van der Waals surface area contributed by atoms with E-state index in [1.54, 1.807) is 29.8 Å². The van der Waals surface area contributed by atoms with Crippen molar-refractivity contribution in [1.82, 2.24) is 10.2 Å². The largest absolute Gasteiger partial charge is 0.481 e. The molecule has 1 aliphatic heterocycles. The third kappa shape index (κ3) is 5.82. The number of carboxylic acid groups (broad SMARTS) is 1. The molecule has 3 atom stereocenters. The summed E-state index contributed by atoms with van der Waals surface area (Å²) in [5.74, 6) is 0.969. The Morgan fingerprint density at radius 2 is 2.26 bits per heavy atom. The van der Waals surface area contributed by atoms with Gasteiger partial charge in [-0.1, -0.05) is 0 Å². The zero-order valence-corrected chi connectivity index (χ0v) is 12.8. The SMILES string of the molecule is CC(CS(C)=O)NC(=O)N1CCSCC1CC(=O)O. The highest BCUT2D eigenvalue weighted by Gasteiger charge is 2.29. The number of carbonyl (C=O) groups is 2. The maximum absolute atomic E-state index is 12.1. The second kappa shape index (κ2) is 7.74. The standard InChI is InChI=1S/C11H20N2O4S2/c1-8(7-19(2)17)12-11(16)13-3-4-18-6-9(13)5-10(14)15/h8-9H,3-7H2,1-2H3,(H,12,16)(H,14,15). The van der Waals surface area contributed by atoms with Gasteiger partial charge in [-0.3, -0.25) is 9.00 Å². The lowest BCUT2D eigenvalue weighted by molar-refractivity contribution is -0.137. The molecule has 0 aliphatic carbocycles. The number of carbonyl (C=O) groups excluding carboxylic acids is 1. The van der Waals surface area contributed by atoms with E-state index in [1.165, 1.54) is 0 Å². The topological polar surface area (TPSA) is 86.7 Å². The highest BCUT2D eigenvalue weighted by molar-refractivity contribution is 7.99. The van der Waals surface area contributed by atoms with E-state index in [1.807, 2.05) is 0 Å². The first kappa shape index (κ1) is 16.3. The van der Waals surface area contributed by atoms with E-state index in [2.05, 4.69) is 5.32 Å². The van der Waals surface area contributed by atoms with E-state index >= 15 is 0 Å². The predicted molar refractivity (Wildman–Crippen MR) is 77.0 cm³/mol. The first-order valence-corrected chi connectivity index (χ1v) is 8.95. The van der Waals surface area contributed by atoms with Crippen LogP contribution in [0.2, 0.25) is 0 Å². The summed E-state index contributed by atoms with van der Waals surface area (Å²) in [7, 11) is -0.966. The molecule has 0 aromatic heterocycles. The minimum absolute atomic E-state index is 0.0332. The van der Waals surface area contributed by atoms with Crippen molar-refractivity contribution in [3.63, 3.8) is 0 Å². The number of urea groups is 1. The van der Waals surface area contributed by atoms with Crippen LogP contribution in [0.4, 0.5) is 4.79 Å². The van der Waals surface area contributed by atoms with Gasteiger partial charge in [-0.15, -0.1) is 0 Å². The number of carboxylic acids is 1. The van der Waals surface area contributed by atoms with Gasteiger partial charge in [0.05, 0.1) is 12.5 Å². The van der Waals surface area contributed by atoms with Gasteiger partial charge in [-0.25, -0.2) is 4.79 Å². The molecule has 110 valence electrons. The summed E-state index contributed by atoms with van der Waals surface area (Å²) in [6.07, 6.45) is 1.56. The van der Waals surface area contributed by atoms with Gasteiger partial charge >= 0.3 is 12.0 Å². The molecular weight excluding hydrogens is 288 g/mol. The average molecular weight is 308 g/mol. The lowest BCUT2D eigenvalue weighted by atomic mass is 10.2. The van der Waals surface area contributed by atoms with E-state index in [-0.39, 0.29) is 24.5 Å². The zero-order valence-electron chi connectivity index (χ0n) is 11.1. The van der Waals surface area contributed by atoms with Gasteiger partial charge in [0.2, 0.25) is 0 Å². The van der Waals surface area contributed by atoms with Gasteiger partial charge in [-0.2, -0.15) is 11.8 Å². The average Bonchev–Trinajstić information content (AvgIpc) is 2.27. The molecule has 1 rings (SSSR count). The monoisotopic (exact) mass is 308 g/mol. The second-order valence-electron chi connectivity index (χ2n) is 4.61. The molecule has 1 fully saturated rings. The molecular formula is C11H20N2O4S2. The third-order valence-electron chi connectivity index (χ3n) is 2.75. The van der Waals surface area contributed by atoms with Crippen molar-refractivity contribution < 1.29 is 18.9 Å². The third-order valence-corrected chi connectivity index (χ3v) is 4.81. The molecule has 0 aromatic carbocycles. The quantitative estimate of drug-likeness (QED) is 0.765. The summed E-state index contributed by atoms with van der Waals surface area (Å²) in [6.45, 7) is 2.35. The Labute approximate surface area is 119 Å². The second-order valence-corrected chi connectivity index (χ2v) is 7.24. The van der Waals surface area contributed by atoms with E-state index in [4.69, 9.17) is 5.11 Å². The predicted octanol–water partition coefficient (Wildman–Crippen LogP) is 0.355. The minimum Gasteiger partial charge on any atom is -0.481 e. The number of hydrogen-bond donors (Lipinski definition) is 2. The molecule has 1 heterocycles. The number of rotatable bonds is 5. The molecule has 19 heavy (non-hydrogen) atoms. The Balaban J connectivity index is 2.56. The lowest BCUT2D eigenvalue weighted by Gasteiger charge is -2.35. The van der Waals surface area contributed by atoms with Crippen LogP contribution < -0.4 is 5.32 Å². The van der Waals surface area contributed by atoms with Crippen LogP contribution in [0.15, 0.2) is 0 Å². The van der Waals surface area contributed by atoms with Crippen LogP contribution in [-0.2, 0) is 15.6 Å². The number of aliphatic carboxylic acids is 1. The summed E-state index contributed by atoms with van der Waals surface area (Å²) in [5.41, 5.74) is 0. The van der Waals surface area contributed by atoms with Crippen LogP contribution in [0, 0.1) is 0 Å². The minimum atomic E-state index is -0.966. The maximum atomic E-state index is 12.1.